The van der Waals surface area contributed by atoms with E-state index in [0.717, 1.165) is 12.0 Å². The van der Waals surface area contributed by atoms with Gasteiger partial charge in [-0.05, 0) is 31.4 Å². The Morgan fingerprint density at radius 2 is 1.86 bits per heavy atom. The molecule has 0 atom stereocenters. The first kappa shape index (κ1) is 12.5. The predicted octanol–water partition coefficient (Wildman–Crippen LogP) is 4.35. The van der Waals surface area contributed by atoms with Crippen molar-refractivity contribution >= 4 is 0 Å². The third-order valence-electron chi connectivity index (χ3n) is 1.57. The van der Waals surface area contributed by atoms with Gasteiger partial charge in [-0.25, -0.2) is 0 Å². The van der Waals surface area contributed by atoms with Crippen LogP contribution >= 0.6 is 0 Å². The maximum atomic E-state index is 3.68. The van der Waals surface area contributed by atoms with Gasteiger partial charge in [0.1, 0.15) is 0 Å². The minimum atomic E-state index is 0.897. The largest absolute Gasteiger partial charge is 0.118 e. The second-order valence-electron chi connectivity index (χ2n) is 3.06. The Labute approximate surface area is 87.3 Å². The van der Waals surface area contributed by atoms with E-state index in [1.807, 2.05) is 37.3 Å². The molecule has 0 heteroatoms. The van der Waals surface area contributed by atoms with E-state index in [9.17, 15) is 0 Å². The van der Waals surface area contributed by atoms with E-state index < -0.39 is 0 Å². The molecule has 0 aliphatic rings. The maximum absolute atomic E-state index is 3.68. The van der Waals surface area contributed by atoms with Gasteiger partial charge in [-0.15, -0.1) is 12.3 Å². The number of hydrogen-bond donors (Lipinski definition) is 0. The smallest absolute Gasteiger partial charge is 0.00679 e. The summed E-state index contributed by atoms with van der Waals surface area (Å²) in [5.41, 5.74) is 5.60. The Kier molecular flexibility index (Phi) is 7.22. The Balaban J connectivity index is 4.45. The van der Waals surface area contributed by atoms with Crippen molar-refractivity contribution < 1.29 is 0 Å². The van der Waals surface area contributed by atoms with Gasteiger partial charge in [0.2, 0.25) is 0 Å². The molecule has 0 aromatic rings. The van der Waals surface area contributed by atoms with E-state index in [0.29, 0.717) is 0 Å². The summed E-state index contributed by atoms with van der Waals surface area (Å²) in [5.74, 6) is 0. The van der Waals surface area contributed by atoms with Gasteiger partial charge in [-0.3, -0.25) is 0 Å². The molecule has 0 aromatic carbocycles. The lowest BCUT2D eigenvalue weighted by Gasteiger charge is -1.89. The zero-order valence-electron chi connectivity index (χ0n) is 9.09. The summed E-state index contributed by atoms with van der Waals surface area (Å²) in [6, 6.07) is 0. The van der Waals surface area contributed by atoms with Crippen LogP contribution in [0.4, 0.5) is 0 Å². The summed E-state index contributed by atoms with van der Waals surface area (Å²) >= 11 is 0. The molecule has 0 radical (unpaired) electrons. The normalized spacial score (nSPS) is 10.1. The van der Waals surface area contributed by atoms with Crippen molar-refractivity contribution in [2.45, 2.75) is 20.3 Å². The summed E-state index contributed by atoms with van der Waals surface area (Å²) in [4.78, 5) is 0. The molecule has 0 aromatic heterocycles. The van der Waals surface area contributed by atoms with Crippen molar-refractivity contribution in [2.75, 3.05) is 0 Å². The first-order valence-electron chi connectivity index (χ1n) is 4.70. The van der Waals surface area contributed by atoms with Crippen LogP contribution in [0.25, 0.3) is 0 Å². The lowest BCUT2D eigenvalue weighted by Crippen LogP contribution is -1.70. The molecule has 0 aliphatic heterocycles. The minimum absolute atomic E-state index is 0.897. The SMILES string of the molecule is C=CC=CC=CC(C)=C=C(C)CC=C. The third-order valence-corrected chi connectivity index (χ3v) is 1.57. The molecule has 0 heterocycles. The fourth-order valence-electron chi connectivity index (χ4n) is 0.988. The van der Waals surface area contributed by atoms with Crippen molar-refractivity contribution in [2.24, 2.45) is 0 Å². The lowest BCUT2D eigenvalue weighted by atomic mass is 10.2. The van der Waals surface area contributed by atoms with Crippen molar-refractivity contribution in [1.29, 1.82) is 0 Å². The highest BCUT2D eigenvalue weighted by atomic mass is 13.9. The second kappa shape index (κ2) is 8.10. The Bertz CT molecular complexity index is 305. The molecule has 0 bridgehead atoms. The van der Waals surface area contributed by atoms with Gasteiger partial charge in [-0.1, -0.05) is 43.0 Å². The summed E-state index contributed by atoms with van der Waals surface area (Å²) in [6.07, 6.45) is 12.4. The number of hydrogen-bond acceptors (Lipinski definition) is 0. The summed E-state index contributed by atoms with van der Waals surface area (Å²) in [7, 11) is 0. The first-order chi connectivity index (χ1) is 6.70. The molecule has 0 rings (SSSR count). The van der Waals surface area contributed by atoms with Gasteiger partial charge >= 0.3 is 0 Å². The molecule has 0 spiro atoms. The molecule has 0 saturated heterocycles. The van der Waals surface area contributed by atoms with Gasteiger partial charge in [0.25, 0.3) is 0 Å². The average molecular weight is 186 g/mol. The monoisotopic (exact) mass is 186 g/mol. The minimum Gasteiger partial charge on any atom is -0.118 e. The molecule has 0 saturated carbocycles. The van der Waals surface area contributed by atoms with E-state index in [2.05, 4.69) is 25.8 Å². The molecule has 0 nitrogen and oxygen atoms in total. The van der Waals surface area contributed by atoms with Crippen molar-refractivity contribution in [3.05, 3.63) is 66.5 Å². The number of allylic oxidation sites excluding steroid dienone is 7. The molecular weight excluding hydrogens is 168 g/mol. The van der Waals surface area contributed by atoms with Crippen molar-refractivity contribution in [3.8, 4) is 0 Å². The van der Waals surface area contributed by atoms with Gasteiger partial charge in [-0.2, -0.15) is 0 Å². The molecule has 0 unspecified atom stereocenters. The van der Waals surface area contributed by atoms with E-state index in [1.165, 1.54) is 5.57 Å². The summed E-state index contributed by atoms with van der Waals surface area (Å²) < 4.78 is 0. The van der Waals surface area contributed by atoms with E-state index in [-0.39, 0.29) is 0 Å². The van der Waals surface area contributed by atoms with Gasteiger partial charge in [0, 0.05) is 0 Å². The van der Waals surface area contributed by atoms with Gasteiger partial charge in [0.15, 0.2) is 0 Å². The predicted molar refractivity (Wildman–Crippen MR) is 65.2 cm³/mol. The lowest BCUT2D eigenvalue weighted by molar-refractivity contribution is 1.22. The number of rotatable bonds is 5. The fraction of sp³-hybridized carbons (Fsp3) is 0.214. The zero-order chi connectivity index (χ0) is 10.8. The van der Waals surface area contributed by atoms with Crippen LogP contribution in [0.2, 0.25) is 0 Å². The van der Waals surface area contributed by atoms with Crippen molar-refractivity contribution in [3.63, 3.8) is 0 Å². The highest BCUT2D eigenvalue weighted by molar-refractivity contribution is 5.22. The van der Waals surface area contributed by atoms with Crippen molar-refractivity contribution in [1.82, 2.24) is 0 Å². The van der Waals surface area contributed by atoms with Crippen LogP contribution in [-0.2, 0) is 0 Å². The van der Waals surface area contributed by atoms with Crippen LogP contribution in [0.15, 0.2) is 66.5 Å². The topological polar surface area (TPSA) is 0 Å². The van der Waals surface area contributed by atoms with E-state index >= 15 is 0 Å². The quantitative estimate of drug-likeness (QED) is 0.340. The molecule has 0 N–H and O–H groups in total. The Hall–Kier alpha value is -1.52. The highest BCUT2D eigenvalue weighted by Gasteiger charge is 1.82. The standard InChI is InChI=1S/C14H18/c1-5-7-8-9-11-14(4)12-13(3)10-6-2/h5-9,11H,1-2,10H2,3-4H3. The zero-order valence-corrected chi connectivity index (χ0v) is 9.09. The highest BCUT2D eigenvalue weighted by Crippen LogP contribution is 2.01. The second-order valence-corrected chi connectivity index (χ2v) is 3.06. The summed E-state index contributed by atoms with van der Waals surface area (Å²) in [5, 5.41) is 0. The van der Waals surface area contributed by atoms with Crippen LogP contribution in [0.3, 0.4) is 0 Å². The molecule has 14 heavy (non-hydrogen) atoms. The van der Waals surface area contributed by atoms with E-state index in [4.69, 9.17) is 0 Å². The Morgan fingerprint density at radius 3 is 2.43 bits per heavy atom. The summed E-state index contributed by atoms with van der Waals surface area (Å²) in [6.45, 7) is 11.4. The molecular formula is C14H18. The van der Waals surface area contributed by atoms with E-state index in [1.54, 1.807) is 6.08 Å². The molecule has 74 valence electrons. The van der Waals surface area contributed by atoms with Crippen LogP contribution in [0.1, 0.15) is 20.3 Å². The van der Waals surface area contributed by atoms with Gasteiger partial charge < -0.3 is 0 Å². The average Bonchev–Trinajstić information content (AvgIpc) is 2.13. The molecule has 0 amide bonds. The Morgan fingerprint density at radius 1 is 1.14 bits per heavy atom. The van der Waals surface area contributed by atoms with Gasteiger partial charge in [0.05, 0.1) is 0 Å². The molecule has 0 fully saturated rings. The fourth-order valence-corrected chi connectivity index (χ4v) is 0.988. The maximum Gasteiger partial charge on any atom is -0.00679 e. The van der Waals surface area contributed by atoms with Crippen LogP contribution in [0, 0.1) is 0 Å². The third kappa shape index (κ3) is 7.15. The van der Waals surface area contributed by atoms with Crippen LogP contribution in [-0.4, -0.2) is 0 Å². The first-order valence-corrected chi connectivity index (χ1v) is 4.70. The van der Waals surface area contributed by atoms with Crippen LogP contribution in [0.5, 0.6) is 0 Å². The molecule has 0 aliphatic carbocycles. The van der Waals surface area contributed by atoms with Crippen LogP contribution < -0.4 is 0 Å².